The van der Waals surface area contributed by atoms with Crippen LogP contribution in [-0.4, -0.2) is 51.2 Å². The highest BCUT2D eigenvalue weighted by Crippen LogP contribution is 2.26. The molecule has 21 heavy (non-hydrogen) atoms. The Hall–Kier alpha value is -1.65. The number of para-hydroxylation sites is 1. The number of hydrogen-bond donors (Lipinski definition) is 1. The number of fused-ring (bicyclic) bond motifs is 1. The number of pyridine rings is 1. The molecule has 1 aromatic carbocycles. The second-order valence-electron chi connectivity index (χ2n) is 5.76. The van der Waals surface area contributed by atoms with Crippen molar-refractivity contribution < 1.29 is 0 Å². The van der Waals surface area contributed by atoms with Crippen molar-refractivity contribution in [2.24, 2.45) is 0 Å². The van der Waals surface area contributed by atoms with Gasteiger partial charge in [0.15, 0.2) is 0 Å². The predicted molar refractivity (Wildman–Crippen MR) is 90.9 cm³/mol. The predicted octanol–water partition coefficient (Wildman–Crippen LogP) is 2.34. The van der Waals surface area contributed by atoms with Crippen molar-refractivity contribution in [3.05, 3.63) is 36.0 Å². The molecule has 0 radical (unpaired) electrons. The summed E-state index contributed by atoms with van der Waals surface area (Å²) >= 11 is 0. The fourth-order valence-corrected chi connectivity index (χ4v) is 2.54. The van der Waals surface area contributed by atoms with Gasteiger partial charge in [0, 0.05) is 31.2 Å². The van der Waals surface area contributed by atoms with Crippen LogP contribution >= 0.6 is 0 Å². The van der Waals surface area contributed by atoms with Gasteiger partial charge in [-0.3, -0.25) is 4.98 Å². The maximum atomic E-state index is 4.72. The lowest BCUT2D eigenvalue weighted by Crippen LogP contribution is -2.24. The summed E-state index contributed by atoms with van der Waals surface area (Å²) in [6.45, 7) is 2.95. The number of nitrogens with zero attached hydrogens (tertiary/aromatic N) is 3. The lowest BCUT2D eigenvalue weighted by atomic mass is 10.1. The van der Waals surface area contributed by atoms with E-state index in [1.165, 1.54) is 11.1 Å². The molecule has 4 nitrogen and oxygen atoms in total. The molecule has 0 fully saturated rings. The minimum Gasteiger partial charge on any atom is -0.374 e. The molecule has 1 heterocycles. The van der Waals surface area contributed by atoms with Gasteiger partial charge in [-0.15, -0.1) is 0 Å². The van der Waals surface area contributed by atoms with Crippen LogP contribution < -0.4 is 10.2 Å². The lowest BCUT2D eigenvalue weighted by Gasteiger charge is -2.23. The molecule has 0 saturated carbocycles. The highest BCUT2D eigenvalue weighted by atomic mass is 15.1. The fourth-order valence-electron chi connectivity index (χ4n) is 2.54. The first-order valence-corrected chi connectivity index (χ1v) is 7.51. The molecule has 0 bridgehead atoms. The second-order valence-corrected chi connectivity index (χ2v) is 5.76. The average molecular weight is 286 g/mol. The van der Waals surface area contributed by atoms with Gasteiger partial charge in [0.05, 0.1) is 11.2 Å². The minimum atomic E-state index is 0.795. The molecule has 4 heteroatoms. The Morgan fingerprint density at radius 1 is 1.10 bits per heavy atom. The maximum Gasteiger partial charge on any atom is 0.0726 e. The standard InChI is InChI=1S/C17H26N4/c1-18-13-14-12-17(21(4)11-7-10-20(2)3)15-8-5-6-9-16(15)19-14/h5-6,8-9,12,18H,7,10-11,13H2,1-4H3. The van der Waals surface area contributed by atoms with Crippen molar-refractivity contribution in [3.8, 4) is 0 Å². The molecule has 0 atom stereocenters. The van der Waals surface area contributed by atoms with Crippen LogP contribution in [-0.2, 0) is 6.54 Å². The normalized spacial score (nSPS) is 11.3. The van der Waals surface area contributed by atoms with Crippen LogP contribution in [0.15, 0.2) is 30.3 Å². The van der Waals surface area contributed by atoms with Gasteiger partial charge in [-0.25, -0.2) is 0 Å². The molecule has 0 saturated heterocycles. The fraction of sp³-hybridized carbons (Fsp3) is 0.471. The van der Waals surface area contributed by atoms with Gasteiger partial charge >= 0.3 is 0 Å². The van der Waals surface area contributed by atoms with Crippen molar-refractivity contribution in [2.45, 2.75) is 13.0 Å². The summed E-state index contributed by atoms with van der Waals surface area (Å²) in [4.78, 5) is 9.29. The Balaban J connectivity index is 2.27. The number of anilines is 1. The van der Waals surface area contributed by atoms with E-state index in [2.05, 4.69) is 60.5 Å². The summed E-state index contributed by atoms with van der Waals surface area (Å²) in [6, 6.07) is 10.6. The van der Waals surface area contributed by atoms with E-state index in [1.807, 2.05) is 13.1 Å². The number of rotatable bonds is 7. The van der Waals surface area contributed by atoms with E-state index in [-0.39, 0.29) is 0 Å². The van der Waals surface area contributed by atoms with E-state index in [9.17, 15) is 0 Å². The zero-order chi connectivity index (χ0) is 15.2. The molecular weight excluding hydrogens is 260 g/mol. The van der Waals surface area contributed by atoms with Gasteiger partial charge < -0.3 is 15.1 Å². The number of nitrogens with one attached hydrogen (secondary N) is 1. The molecule has 0 aliphatic rings. The number of hydrogen-bond acceptors (Lipinski definition) is 4. The molecule has 0 aliphatic heterocycles. The Morgan fingerprint density at radius 3 is 2.57 bits per heavy atom. The summed E-state index contributed by atoms with van der Waals surface area (Å²) < 4.78 is 0. The van der Waals surface area contributed by atoms with E-state index in [1.54, 1.807) is 0 Å². The topological polar surface area (TPSA) is 31.4 Å². The Kier molecular flexibility index (Phi) is 5.53. The van der Waals surface area contributed by atoms with E-state index in [4.69, 9.17) is 4.98 Å². The summed E-state index contributed by atoms with van der Waals surface area (Å²) in [6.07, 6.45) is 1.15. The van der Waals surface area contributed by atoms with Crippen LogP contribution in [0.2, 0.25) is 0 Å². The van der Waals surface area contributed by atoms with Gasteiger partial charge in [-0.1, -0.05) is 18.2 Å². The van der Waals surface area contributed by atoms with E-state index in [0.29, 0.717) is 0 Å². The summed E-state index contributed by atoms with van der Waals surface area (Å²) in [5.74, 6) is 0. The second kappa shape index (κ2) is 7.38. The third kappa shape index (κ3) is 4.16. The van der Waals surface area contributed by atoms with Gasteiger partial charge in [-0.05, 0) is 46.2 Å². The van der Waals surface area contributed by atoms with Crippen LogP contribution in [0.3, 0.4) is 0 Å². The smallest absolute Gasteiger partial charge is 0.0726 e. The average Bonchev–Trinajstić information content (AvgIpc) is 2.46. The largest absolute Gasteiger partial charge is 0.374 e. The Bertz CT molecular complexity index is 580. The van der Waals surface area contributed by atoms with Crippen molar-refractivity contribution >= 4 is 16.6 Å². The van der Waals surface area contributed by atoms with Crippen molar-refractivity contribution in [1.29, 1.82) is 0 Å². The van der Waals surface area contributed by atoms with E-state index >= 15 is 0 Å². The van der Waals surface area contributed by atoms with Crippen molar-refractivity contribution in [2.75, 3.05) is 46.2 Å². The number of aromatic nitrogens is 1. The highest BCUT2D eigenvalue weighted by molar-refractivity contribution is 5.91. The van der Waals surface area contributed by atoms with Crippen molar-refractivity contribution in [1.82, 2.24) is 15.2 Å². The SMILES string of the molecule is CNCc1cc(N(C)CCCN(C)C)c2ccccc2n1. The first-order valence-electron chi connectivity index (χ1n) is 7.51. The molecule has 114 valence electrons. The summed E-state index contributed by atoms with van der Waals surface area (Å²) in [7, 11) is 8.36. The van der Waals surface area contributed by atoms with Gasteiger partial charge in [-0.2, -0.15) is 0 Å². The summed E-state index contributed by atoms with van der Waals surface area (Å²) in [5.41, 5.74) is 3.43. The van der Waals surface area contributed by atoms with Crippen LogP contribution in [0.5, 0.6) is 0 Å². The molecular formula is C17H26N4. The molecule has 0 spiro atoms. The molecule has 2 rings (SSSR count). The van der Waals surface area contributed by atoms with Gasteiger partial charge in [0.1, 0.15) is 0 Å². The first kappa shape index (κ1) is 15.7. The molecule has 2 aromatic rings. The number of benzene rings is 1. The third-order valence-corrected chi connectivity index (χ3v) is 3.62. The Morgan fingerprint density at radius 2 is 1.86 bits per heavy atom. The van der Waals surface area contributed by atoms with Gasteiger partial charge in [0.25, 0.3) is 0 Å². The van der Waals surface area contributed by atoms with E-state index < -0.39 is 0 Å². The van der Waals surface area contributed by atoms with Crippen LogP contribution in [0, 0.1) is 0 Å². The third-order valence-electron chi connectivity index (χ3n) is 3.62. The van der Waals surface area contributed by atoms with Crippen LogP contribution in [0.25, 0.3) is 10.9 Å². The zero-order valence-electron chi connectivity index (χ0n) is 13.6. The van der Waals surface area contributed by atoms with Crippen LogP contribution in [0.1, 0.15) is 12.1 Å². The molecule has 0 unspecified atom stereocenters. The monoisotopic (exact) mass is 286 g/mol. The summed E-state index contributed by atoms with van der Waals surface area (Å²) in [5, 5.41) is 4.41. The maximum absolute atomic E-state index is 4.72. The zero-order valence-corrected chi connectivity index (χ0v) is 13.6. The molecule has 1 aromatic heterocycles. The highest BCUT2D eigenvalue weighted by Gasteiger charge is 2.09. The molecule has 0 amide bonds. The molecule has 0 aliphatic carbocycles. The minimum absolute atomic E-state index is 0.795. The van der Waals surface area contributed by atoms with Crippen LogP contribution in [0.4, 0.5) is 5.69 Å². The van der Waals surface area contributed by atoms with Crippen molar-refractivity contribution in [3.63, 3.8) is 0 Å². The first-order chi connectivity index (χ1) is 10.1. The molecule has 1 N–H and O–H groups in total. The van der Waals surface area contributed by atoms with E-state index in [0.717, 1.165) is 37.3 Å². The Labute approximate surface area is 127 Å². The quantitative estimate of drug-likeness (QED) is 0.846. The van der Waals surface area contributed by atoms with Gasteiger partial charge in [0.2, 0.25) is 0 Å². The lowest BCUT2D eigenvalue weighted by molar-refractivity contribution is 0.402.